The van der Waals surface area contributed by atoms with E-state index in [1.165, 1.54) is 12.3 Å². The van der Waals surface area contributed by atoms with Crippen molar-refractivity contribution >= 4 is 39.8 Å². The summed E-state index contributed by atoms with van der Waals surface area (Å²) in [5.41, 5.74) is 0.406. The highest BCUT2D eigenvalue weighted by molar-refractivity contribution is 14.0. The van der Waals surface area contributed by atoms with Crippen molar-refractivity contribution in [1.29, 1.82) is 0 Å². The summed E-state index contributed by atoms with van der Waals surface area (Å²) >= 11 is 0. The van der Waals surface area contributed by atoms with Gasteiger partial charge in [-0.2, -0.15) is 0 Å². The zero-order valence-corrected chi connectivity index (χ0v) is 19.1. The van der Waals surface area contributed by atoms with E-state index >= 15 is 0 Å². The molecule has 5 nitrogen and oxygen atoms in total. The molecular weight excluding hydrogens is 480 g/mol. The van der Waals surface area contributed by atoms with Gasteiger partial charge >= 0.3 is 0 Å². The summed E-state index contributed by atoms with van der Waals surface area (Å²) in [5, 5.41) is 6.54. The average Bonchev–Trinajstić information content (AvgIpc) is 3.47. The zero-order chi connectivity index (χ0) is 18.8. The van der Waals surface area contributed by atoms with Gasteiger partial charge in [0.1, 0.15) is 15.7 Å². The smallest absolute Gasteiger partial charge is 0.191 e. The van der Waals surface area contributed by atoms with Gasteiger partial charge < -0.3 is 10.6 Å². The molecule has 0 atom stereocenters. The Balaban J connectivity index is 0.00000261. The Bertz CT molecular complexity index is 790. The Labute approximate surface area is 178 Å². The summed E-state index contributed by atoms with van der Waals surface area (Å²) in [7, 11) is -3.00. The summed E-state index contributed by atoms with van der Waals surface area (Å²) < 4.78 is 37.3. The number of aliphatic imine (C=N–C) groups is 1. The maximum atomic E-state index is 14.1. The molecule has 2 saturated carbocycles. The van der Waals surface area contributed by atoms with Crippen molar-refractivity contribution in [3.05, 3.63) is 35.6 Å². The first-order valence-electron chi connectivity index (χ1n) is 9.23. The maximum Gasteiger partial charge on any atom is 0.191 e. The van der Waals surface area contributed by atoms with Crippen molar-refractivity contribution in [3.63, 3.8) is 0 Å². The molecule has 2 N–H and O–H groups in total. The van der Waals surface area contributed by atoms with Gasteiger partial charge in [-0.1, -0.05) is 18.2 Å². The third kappa shape index (κ3) is 6.04. The quantitative estimate of drug-likeness (QED) is 0.321. The fraction of sp³-hybridized carbons (Fsp3) is 0.632. The summed E-state index contributed by atoms with van der Waals surface area (Å²) in [6, 6.07) is 6.96. The Morgan fingerprint density at radius 1 is 1.19 bits per heavy atom. The fourth-order valence-corrected chi connectivity index (χ4v) is 5.00. The minimum atomic E-state index is -3.00. The Morgan fingerprint density at radius 3 is 2.37 bits per heavy atom. The minimum absolute atomic E-state index is 0. The first-order chi connectivity index (χ1) is 12.3. The molecule has 3 rings (SSSR count). The number of nitrogens with one attached hydrogen (secondary N) is 2. The lowest BCUT2D eigenvalue weighted by Crippen LogP contribution is -2.42. The van der Waals surface area contributed by atoms with Crippen molar-refractivity contribution in [1.82, 2.24) is 10.6 Å². The van der Waals surface area contributed by atoms with Gasteiger partial charge in [-0.3, -0.25) is 4.99 Å². The summed E-state index contributed by atoms with van der Waals surface area (Å²) in [6.45, 7) is 3.84. The second-order valence-electron chi connectivity index (χ2n) is 7.88. The van der Waals surface area contributed by atoms with Crippen molar-refractivity contribution in [2.75, 3.05) is 31.6 Å². The normalized spacial score (nSPS) is 19.7. The van der Waals surface area contributed by atoms with Crippen LogP contribution in [0.2, 0.25) is 0 Å². The molecule has 0 saturated heterocycles. The number of nitrogens with zero attached hydrogens (tertiary/aromatic N) is 1. The number of rotatable bonds is 8. The van der Waals surface area contributed by atoms with E-state index in [0.29, 0.717) is 19.0 Å². The third-order valence-electron chi connectivity index (χ3n) is 5.34. The molecule has 27 heavy (non-hydrogen) atoms. The first kappa shape index (κ1) is 22.4. The Hall–Kier alpha value is -0.900. The highest BCUT2D eigenvalue weighted by atomic mass is 127. The van der Waals surface area contributed by atoms with E-state index in [-0.39, 0.29) is 46.4 Å². The van der Waals surface area contributed by atoms with E-state index in [4.69, 9.17) is 0 Å². The van der Waals surface area contributed by atoms with Gasteiger partial charge in [0.05, 0.1) is 5.75 Å². The number of hydrogen-bond acceptors (Lipinski definition) is 3. The maximum absolute atomic E-state index is 14.1. The number of guanidine groups is 1. The largest absolute Gasteiger partial charge is 0.357 e. The van der Waals surface area contributed by atoms with E-state index < -0.39 is 9.84 Å². The third-order valence-corrected chi connectivity index (χ3v) is 6.47. The molecule has 2 fully saturated rings. The van der Waals surface area contributed by atoms with Gasteiger partial charge in [0.2, 0.25) is 0 Å². The van der Waals surface area contributed by atoms with E-state index in [1.807, 2.05) is 19.1 Å². The van der Waals surface area contributed by atoms with Crippen LogP contribution >= 0.6 is 24.0 Å². The predicted octanol–water partition coefficient (Wildman–Crippen LogP) is 2.86. The highest BCUT2D eigenvalue weighted by Crippen LogP contribution is 2.48. The monoisotopic (exact) mass is 509 g/mol. The lowest BCUT2D eigenvalue weighted by molar-refractivity contribution is 0.546. The molecule has 1 aromatic carbocycles. The lowest BCUT2D eigenvalue weighted by Gasteiger charge is -2.20. The zero-order valence-electron chi connectivity index (χ0n) is 15.9. The van der Waals surface area contributed by atoms with Crippen LogP contribution in [0.1, 0.15) is 38.2 Å². The van der Waals surface area contributed by atoms with E-state index in [2.05, 4.69) is 15.6 Å². The second-order valence-corrected chi connectivity index (χ2v) is 10.0. The summed E-state index contributed by atoms with van der Waals surface area (Å²) in [6.07, 6.45) is 5.01. The number of hydrogen-bond donors (Lipinski definition) is 2. The Kier molecular flexibility index (Phi) is 7.16. The molecule has 8 heteroatoms. The van der Waals surface area contributed by atoms with Gasteiger partial charge in [-0.15, -0.1) is 24.0 Å². The van der Waals surface area contributed by atoms with Crippen molar-refractivity contribution in [3.8, 4) is 0 Å². The molecular formula is C19H29FIN3O2S. The Morgan fingerprint density at radius 2 is 1.85 bits per heavy atom. The average molecular weight is 509 g/mol. The van der Waals surface area contributed by atoms with Crippen LogP contribution in [0, 0.1) is 11.2 Å². The minimum Gasteiger partial charge on any atom is -0.357 e. The van der Waals surface area contributed by atoms with Crippen LogP contribution in [0.15, 0.2) is 29.3 Å². The number of benzene rings is 1. The molecule has 0 spiro atoms. The molecule has 2 aliphatic rings. The molecule has 0 radical (unpaired) electrons. The summed E-state index contributed by atoms with van der Waals surface area (Å²) in [5.74, 6) is 0.718. The van der Waals surface area contributed by atoms with Crippen LogP contribution in [0.25, 0.3) is 0 Å². The molecule has 1 aromatic rings. The van der Waals surface area contributed by atoms with Crippen LogP contribution in [0.4, 0.5) is 4.39 Å². The van der Waals surface area contributed by atoms with Crippen LogP contribution in [-0.2, 0) is 15.3 Å². The number of sulfone groups is 1. The van der Waals surface area contributed by atoms with Crippen LogP contribution in [0.3, 0.4) is 0 Å². The molecule has 0 bridgehead atoms. The predicted molar refractivity (Wildman–Crippen MR) is 118 cm³/mol. The molecule has 0 aromatic heterocycles. The number of halogens is 2. The summed E-state index contributed by atoms with van der Waals surface area (Å²) in [4.78, 5) is 4.61. The van der Waals surface area contributed by atoms with Gasteiger partial charge in [0, 0.05) is 36.7 Å². The second kappa shape index (κ2) is 8.63. The van der Waals surface area contributed by atoms with E-state index in [0.717, 1.165) is 37.8 Å². The standard InChI is InChI=1S/C19H28FN3O2S.HI/c1-3-21-17(22-12-18(8-9-18)14-26(2,24)25)23-13-19(10-11-19)15-6-4-5-7-16(15)20;/h4-7H,3,8-14H2,1-2H3,(H2,21,22,23);1H. The topological polar surface area (TPSA) is 70.6 Å². The molecule has 0 amide bonds. The first-order valence-corrected chi connectivity index (χ1v) is 11.3. The molecule has 0 heterocycles. The molecule has 0 aliphatic heterocycles. The highest BCUT2D eigenvalue weighted by Gasteiger charge is 2.46. The van der Waals surface area contributed by atoms with Gasteiger partial charge in [0.25, 0.3) is 0 Å². The van der Waals surface area contributed by atoms with Crippen LogP contribution in [0.5, 0.6) is 0 Å². The molecule has 0 unspecified atom stereocenters. The van der Waals surface area contributed by atoms with E-state index in [1.54, 1.807) is 6.07 Å². The van der Waals surface area contributed by atoms with Crippen molar-refractivity contribution in [2.45, 2.75) is 38.0 Å². The van der Waals surface area contributed by atoms with Crippen molar-refractivity contribution in [2.24, 2.45) is 10.4 Å². The van der Waals surface area contributed by atoms with Gasteiger partial charge in [-0.25, -0.2) is 12.8 Å². The lowest BCUT2D eigenvalue weighted by atomic mass is 9.95. The molecule has 2 aliphatic carbocycles. The fourth-order valence-electron chi connectivity index (χ4n) is 3.51. The molecule has 152 valence electrons. The van der Waals surface area contributed by atoms with Crippen molar-refractivity contribution < 1.29 is 12.8 Å². The van der Waals surface area contributed by atoms with Gasteiger partial charge in [-0.05, 0) is 44.2 Å². The van der Waals surface area contributed by atoms with Gasteiger partial charge in [0.15, 0.2) is 5.96 Å². The SMILES string of the molecule is CCNC(=NCC1(CS(C)(=O)=O)CC1)NCC1(c2ccccc2F)CC1.I. The van der Waals surface area contributed by atoms with E-state index in [9.17, 15) is 12.8 Å². The van der Waals surface area contributed by atoms with Crippen LogP contribution in [-0.4, -0.2) is 46.0 Å². The van der Waals surface area contributed by atoms with Crippen LogP contribution < -0.4 is 10.6 Å².